The van der Waals surface area contributed by atoms with Gasteiger partial charge in [-0.1, -0.05) is 13.8 Å². The molecule has 0 aromatic carbocycles. The first-order valence-electron chi connectivity index (χ1n) is 3.46. The molecule has 0 aromatic heterocycles. The van der Waals surface area contributed by atoms with Crippen molar-refractivity contribution in [2.24, 2.45) is 11.1 Å². The molecule has 1 rings (SSSR count). The van der Waals surface area contributed by atoms with Gasteiger partial charge >= 0.3 is 0 Å². The van der Waals surface area contributed by atoms with Gasteiger partial charge in [-0.25, -0.2) is 0 Å². The molecule has 2 N–H and O–H groups in total. The summed E-state index contributed by atoms with van der Waals surface area (Å²) in [5, 5.41) is 0. The van der Waals surface area contributed by atoms with Crippen molar-refractivity contribution in [3.8, 4) is 0 Å². The van der Waals surface area contributed by atoms with E-state index in [4.69, 9.17) is 10.5 Å². The third kappa shape index (κ3) is 1.66. The number of nitrogens with two attached hydrogens (primary N) is 1. The minimum absolute atomic E-state index is 0.319. The molecule has 2 heteroatoms. The first-order valence-corrected chi connectivity index (χ1v) is 3.46. The highest BCUT2D eigenvalue weighted by Crippen LogP contribution is 2.30. The second kappa shape index (κ2) is 2.27. The third-order valence-electron chi connectivity index (χ3n) is 1.75. The van der Waals surface area contributed by atoms with E-state index in [0.29, 0.717) is 18.1 Å². The van der Waals surface area contributed by atoms with E-state index in [1.54, 1.807) is 0 Å². The van der Waals surface area contributed by atoms with Crippen LogP contribution in [0.3, 0.4) is 0 Å². The molecule has 54 valence electrons. The van der Waals surface area contributed by atoms with Gasteiger partial charge in [0.1, 0.15) is 0 Å². The molecule has 1 heterocycles. The predicted octanol–water partition coefficient (Wildman–Crippen LogP) is 0.760. The van der Waals surface area contributed by atoms with Crippen molar-refractivity contribution >= 4 is 0 Å². The average Bonchev–Trinajstić information content (AvgIpc) is 2.10. The topological polar surface area (TPSA) is 35.2 Å². The summed E-state index contributed by atoms with van der Waals surface area (Å²) < 4.78 is 5.39. The van der Waals surface area contributed by atoms with E-state index < -0.39 is 0 Å². The SMILES string of the molecule is CC1(C)CO[C@H](CN)C1. The van der Waals surface area contributed by atoms with Gasteiger partial charge in [-0.15, -0.1) is 0 Å². The number of rotatable bonds is 1. The summed E-state index contributed by atoms with van der Waals surface area (Å²) in [5.41, 5.74) is 5.80. The first-order chi connectivity index (χ1) is 4.14. The van der Waals surface area contributed by atoms with Crippen molar-refractivity contribution in [1.82, 2.24) is 0 Å². The van der Waals surface area contributed by atoms with Crippen molar-refractivity contribution in [1.29, 1.82) is 0 Å². The summed E-state index contributed by atoms with van der Waals surface area (Å²) in [6.07, 6.45) is 1.43. The fourth-order valence-electron chi connectivity index (χ4n) is 1.23. The van der Waals surface area contributed by atoms with Crippen molar-refractivity contribution in [2.75, 3.05) is 13.2 Å². The van der Waals surface area contributed by atoms with Gasteiger partial charge in [0.25, 0.3) is 0 Å². The van der Waals surface area contributed by atoms with Gasteiger partial charge < -0.3 is 10.5 Å². The third-order valence-corrected chi connectivity index (χ3v) is 1.75. The van der Waals surface area contributed by atoms with E-state index in [0.717, 1.165) is 13.0 Å². The molecule has 0 bridgehead atoms. The molecule has 0 radical (unpaired) electrons. The van der Waals surface area contributed by atoms with Gasteiger partial charge in [-0.3, -0.25) is 0 Å². The molecule has 9 heavy (non-hydrogen) atoms. The minimum atomic E-state index is 0.319. The molecule has 2 nitrogen and oxygen atoms in total. The highest BCUT2D eigenvalue weighted by atomic mass is 16.5. The van der Waals surface area contributed by atoms with Crippen LogP contribution in [0, 0.1) is 5.41 Å². The van der Waals surface area contributed by atoms with Crippen LogP contribution in [0.5, 0.6) is 0 Å². The second-order valence-corrected chi connectivity index (χ2v) is 3.54. The summed E-state index contributed by atoms with van der Waals surface area (Å²) in [5.74, 6) is 0. The van der Waals surface area contributed by atoms with Crippen LogP contribution in [0.25, 0.3) is 0 Å². The van der Waals surface area contributed by atoms with E-state index in [1.165, 1.54) is 0 Å². The molecule has 0 spiro atoms. The molecule has 0 saturated carbocycles. The molecule has 0 aromatic rings. The van der Waals surface area contributed by atoms with Crippen LogP contribution in [0.2, 0.25) is 0 Å². The maximum atomic E-state index is 5.43. The summed E-state index contributed by atoms with van der Waals surface area (Å²) in [7, 11) is 0. The zero-order valence-corrected chi connectivity index (χ0v) is 6.18. The maximum absolute atomic E-state index is 5.43. The first kappa shape index (κ1) is 7.03. The van der Waals surface area contributed by atoms with Gasteiger partial charge in [0.05, 0.1) is 12.7 Å². The molecule has 1 aliphatic rings. The van der Waals surface area contributed by atoms with Gasteiger partial charge in [0.2, 0.25) is 0 Å². The number of ether oxygens (including phenoxy) is 1. The van der Waals surface area contributed by atoms with Crippen molar-refractivity contribution < 1.29 is 4.74 Å². The molecule has 1 fully saturated rings. The summed E-state index contributed by atoms with van der Waals surface area (Å²) >= 11 is 0. The Morgan fingerprint density at radius 2 is 2.33 bits per heavy atom. The minimum Gasteiger partial charge on any atom is -0.376 e. The van der Waals surface area contributed by atoms with Gasteiger partial charge in [0.15, 0.2) is 0 Å². The van der Waals surface area contributed by atoms with Gasteiger partial charge in [-0.05, 0) is 11.8 Å². The number of hydrogen-bond donors (Lipinski definition) is 1. The Hall–Kier alpha value is -0.0800. The van der Waals surface area contributed by atoms with E-state index in [-0.39, 0.29) is 0 Å². The van der Waals surface area contributed by atoms with Crippen LogP contribution in [-0.2, 0) is 4.74 Å². The Bertz CT molecular complexity index is 101. The lowest BCUT2D eigenvalue weighted by Gasteiger charge is -2.12. The Balaban J connectivity index is 2.38. The summed E-state index contributed by atoms with van der Waals surface area (Å²) in [6.45, 7) is 5.96. The quantitative estimate of drug-likeness (QED) is 0.567. The zero-order chi connectivity index (χ0) is 6.91. The largest absolute Gasteiger partial charge is 0.376 e. The van der Waals surface area contributed by atoms with Crippen molar-refractivity contribution in [3.63, 3.8) is 0 Å². The fourth-order valence-corrected chi connectivity index (χ4v) is 1.23. The van der Waals surface area contributed by atoms with Crippen LogP contribution in [0.1, 0.15) is 20.3 Å². The summed E-state index contributed by atoms with van der Waals surface area (Å²) in [4.78, 5) is 0. The van der Waals surface area contributed by atoms with Crippen molar-refractivity contribution in [2.45, 2.75) is 26.4 Å². The van der Waals surface area contributed by atoms with Gasteiger partial charge in [-0.2, -0.15) is 0 Å². The highest BCUT2D eigenvalue weighted by Gasteiger charge is 2.30. The molecule has 1 atom stereocenters. The lowest BCUT2D eigenvalue weighted by Crippen LogP contribution is -2.19. The maximum Gasteiger partial charge on any atom is 0.0703 e. The Kier molecular flexibility index (Phi) is 1.78. The van der Waals surface area contributed by atoms with E-state index in [9.17, 15) is 0 Å². The van der Waals surface area contributed by atoms with Gasteiger partial charge in [0, 0.05) is 6.54 Å². The monoisotopic (exact) mass is 129 g/mol. The van der Waals surface area contributed by atoms with E-state index >= 15 is 0 Å². The number of hydrogen-bond acceptors (Lipinski definition) is 2. The molecule has 1 aliphatic heterocycles. The van der Waals surface area contributed by atoms with Crippen LogP contribution >= 0.6 is 0 Å². The molecule has 0 amide bonds. The highest BCUT2D eigenvalue weighted by molar-refractivity contribution is 4.80. The van der Waals surface area contributed by atoms with Crippen molar-refractivity contribution in [3.05, 3.63) is 0 Å². The molecular weight excluding hydrogens is 114 g/mol. The average molecular weight is 129 g/mol. The standard InChI is InChI=1S/C7H15NO/c1-7(2)3-6(4-8)9-5-7/h6H,3-5,8H2,1-2H3/t6-/m0/s1. The molecule has 0 unspecified atom stereocenters. The second-order valence-electron chi connectivity index (χ2n) is 3.54. The van der Waals surface area contributed by atoms with E-state index in [2.05, 4.69) is 13.8 Å². The molecule has 1 saturated heterocycles. The summed E-state index contributed by atoms with van der Waals surface area (Å²) in [6, 6.07) is 0. The smallest absolute Gasteiger partial charge is 0.0703 e. The lowest BCUT2D eigenvalue weighted by atomic mass is 9.91. The van der Waals surface area contributed by atoms with Crippen LogP contribution in [0.15, 0.2) is 0 Å². The van der Waals surface area contributed by atoms with Crippen LogP contribution in [-0.4, -0.2) is 19.3 Å². The normalized spacial score (nSPS) is 33.0. The fraction of sp³-hybridized carbons (Fsp3) is 1.00. The molecule has 0 aliphatic carbocycles. The van der Waals surface area contributed by atoms with E-state index in [1.807, 2.05) is 0 Å². The Labute approximate surface area is 56.4 Å². The Morgan fingerprint density at radius 1 is 1.67 bits per heavy atom. The predicted molar refractivity (Wildman–Crippen MR) is 37.2 cm³/mol. The zero-order valence-electron chi connectivity index (χ0n) is 6.18. The lowest BCUT2D eigenvalue weighted by molar-refractivity contribution is 0.105. The Morgan fingerprint density at radius 3 is 2.56 bits per heavy atom. The van der Waals surface area contributed by atoms with Crippen LogP contribution in [0.4, 0.5) is 0 Å². The van der Waals surface area contributed by atoms with Crippen LogP contribution < -0.4 is 5.73 Å². The molecular formula is C7H15NO.